The minimum Gasteiger partial charge on any atom is -0.495 e. The van der Waals surface area contributed by atoms with Crippen LogP contribution in [0, 0.1) is 19.8 Å². The third-order valence-electron chi connectivity index (χ3n) is 5.71. The summed E-state index contributed by atoms with van der Waals surface area (Å²) in [5, 5.41) is 5.58. The van der Waals surface area contributed by atoms with Gasteiger partial charge in [0.05, 0.1) is 12.8 Å². The number of anilines is 1. The lowest BCUT2D eigenvalue weighted by Gasteiger charge is -2.25. The Bertz CT molecular complexity index is 1210. The summed E-state index contributed by atoms with van der Waals surface area (Å²) in [6.45, 7) is 7.43. The second-order valence-corrected chi connectivity index (χ2v) is 8.98. The van der Waals surface area contributed by atoms with Gasteiger partial charge in [0, 0.05) is 11.1 Å². The van der Waals surface area contributed by atoms with Crippen LogP contribution in [0.5, 0.6) is 5.75 Å². The molecule has 7 nitrogen and oxygen atoms in total. The average Bonchev–Trinajstić information content (AvgIpc) is 2.86. The molecular formula is C29H32N2O5. The number of ether oxygens (including phenoxy) is 2. The summed E-state index contributed by atoms with van der Waals surface area (Å²) in [7, 11) is 1.51. The van der Waals surface area contributed by atoms with Crippen molar-refractivity contribution < 1.29 is 23.9 Å². The topological polar surface area (TPSA) is 93.7 Å². The highest BCUT2D eigenvalue weighted by Crippen LogP contribution is 2.28. The Morgan fingerprint density at radius 3 is 2.08 bits per heavy atom. The smallest absolute Gasteiger partial charge is 0.330 e. The number of nitrogens with one attached hydrogen (secondary N) is 2. The molecule has 0 aliphatic rings. The summed E-state index contributed by atoms with van der Waals surface area (Å²) in [5.41, 5.74) is 3.35. The number of esters is 1. The number of hydrogen-bond donors (Lipinski definition) is 2. The van der Waals surface area contributed by atoms with E-state index in [1.54, 1.807) is 62.4 Å². The third kappa shape index (κ3) is 6.72. The minimum atomic E-state index is -1.23. The molecule has 1 unspecified atom stereocenters. The molecule has 188 valence electrons. The number of carbonyl (C=O) groups is 3. The number of aryl methyl sites for hydroxylation is 2. The van der Waals surface area contributed by atoms with Crippen LogP contribution in [0.2, 0.25) is 0 Å². The molecule has 3 aromatic carbocycles. The van der Waals surface area contributed by atoms with Crippen molar-refractivity contribution >= 4 is 23.5 Å². The van der Waals surface area contributed by atoms with E-state index in [9.17, 15) is 14.4 Å². The minimum absolute atomic E-state index is 0.275. The standard InChI is InChI=1S/C29H32N2O5/c1-18(2)25(31-27(32)22-14-11-19(3)12-15-22)29(34)36-26(21-9-7-6-8-10-21)28(33)30-23-17-20(4)13-16-24(23)35-5/h6-18,25-26H,1-5H3,(H,30,33)(H,31,32)/t25-,26?/m0/s1. The van der Waals surface area contributed by atoms with Crippen molar-refractivity contribution in [2.75, 3.05) is 12.4 Å². The summed E-state index contributed by atoms with van der Waals surface area (Å²) in [4.78, 5) is 39.4. The summed E-state index contributed by atoms with van der Waals surface area (Å²) < 4.78 is 11.1. The van der Waals surface area contributed by atoms with Crippen LogP contribution in [-0.4, -0.2) is 30.9 Å². The Hall–Kier alpha value is -4.13. The van der Waals surface area contributed by atoms with Crippen molar-refractivity contribution in [3.8, 4) is 5.75 Å². The molecule has 0 radical (unpaired) electrons. The summed E-state index contributed by atoms with van der Waals surface area (Å²) in [5.74, 6) is -1.42. The maximum atomic E-state index is 13.4. The summed E-state index contributed by atoms with van der Waals surface area (Å²) in [6.07, 6.45) is -1.23. The van der Waals surface area contributed by atoms with E-state index in [-0.39, 0.29) is 5.92 Å². The normalized spacial score (nSPS) is 12.4. The van der Waals surface area contributed by atoms with Gasteiger partial charge in [-0.1, -0.05) is 67.9 Å². The van der Waals surface area contributed by atoms with Crippen LogP contribution >= 0.6 is 0 Å². The molecule has 0 aromatic heterocycles. The molecule has 3 aromatic rings. The Kier molecular flexibility index (Phi) is 8.84. The summed E-state index contributed by atoms with van der Waals surface area (Å²) >= 11 is 0. The molecule has 0 bridgehead atoms. The highest BCUT2D eigenvalue weighted by atomic mass is 16.5. The predicted octanol–water partition coefficient (Wildman–Crippen LogP) is 4.99. The highest BCUT2D eigenvalue weighted by Gasteiger charge is 2.32. The monoisotopic (exact) mass is 488 g/mol. The lowest BCUT2D eigenvalue weighted by molar-refractivity contribution is -0.157. The third-order valence-corrected chi connectivity index (χ3v) is 5.71. The van der Waals surface area contributed by atoms with Crippen molar-refractivity contribution in [1.82, 2.24) is 5.32 Å². The van der Waals surface area contributed by atoms with Crippen LogP contribution in [0.15, 0.2) is 72.8 Å². The first kappa shape index (κ1) is 26.5. The molecular weight excluding hydrogens is 456 g/mol. The quantitative estimate of drug-likeness (QED) is 0.414. The molecule has 0 saturated heterocycles. The lowest BCUT2D eigenvalue weighted by Crippen LogP contribution is -2.46. The van der Waals surface area contributed by atoms with E-state index < -0.39 is 29.9 Å². The van der Waals surface area contributed by atoms with E-state index in [4.69, 9.17) is 9.47 Å². The summed E-state index contributed by atoms with van der Waals surface area (Å²) in [6, 6.07) is 20.2. The largest absolute Gasteiger partial charge is 0.495 e. The van der Waals surface area contributed by atoms with Gasteiger partial charge in [-0.05, 0) is 49.6 Å². The fourth-order valence-electron chi connectivity index (χ4n) is 3.64. The number of amides is 2. The van der Waals surface area contributed by atoms with E-state index in [1.807, 2.05) is 38.1 Å². The molecule has 0 saturated carbocycles. The molecule has 0 heterocycles. The lowest BCUT2D eigenvalue weighted by atomic mass is 10.0. The van der Waals surface area contributed by atoms with Crippen LogP contribution in [0.25, 0.3) is 0 Å². The molecule has 2 N–H and O–H groups in total. The second kappa shape index (κ2) is 12.0. The van der Waals surface area contributed by atoms with Gasteiger partial charge in [0.2, 0.25) is 6.10 Å². The first-order valence-electron chi connectivity index (χ1n) is 11.8. The Morgan fingerprint density at radius 2 is 1.47 bits per heavy atom. The van der Waals surface area contributed by atoms with E-state index >= 15 is 0 Å². The fourth-order valence-corrected chi connectivity index (χ4v) is 3.64. The van der Waals surface area contributed by atoms with E-state index in [0.717, 1.165) is 11.1 Å². The Labute approximate surface area is 211 Å². The molecule has 36 heavy (non-hydrogen) atoms. The number of benzene rings is 3. The van der Waals surface area contributed by atoms with Gasteiger partial charge >= 0.3 is 5.97 Å². The maximum absolute atomic E-state index is 13.4. The van der Waals surface area contributed by atoms with Gasteiger partial charge in [-0.3, -0.25) is 9.59 Å². The van der Waals surface area contributed by atoms with Crippen molar-refractivity contribution in [2.24, 2.45) is 5.92 Å². The van der Waals surface area contributed by atoms with Gasteiger partial charge in [0.25, 0.3) is 11.8 Å². The van der Waals surface area contributed by atoms with Gasteiger partial charge in [-0.25, -0.2) is 4.79 Å². The first-order chi connectivity index (χ1) is 17.2. The van der Waals surface area contributed by atoms with Crippen LogP contribution in [0.1, 0.15) is 47.0 Å². The van der Waals surface area contributed by atoms with E-state index in [0.29, 0.717) is 22.6 Å². The van der Waals surface area contributed by atoms with Gasteiger partial charge in [-0.2, -0.15) is 0 Å². The number of hydrogen-bond acceptors (Lipinski definition) is 5. The van der Waals surface area contributed by atoms with Crippen molar-refractivity contribution in [3.05, 3.63) is 95.1 Å². The Balaban J connectivity index is 1.84. The zero-order valence-electron chi connectivity index (χ0n) is 21.2. The van der Waals surface area contributed by atoms with Gasteiger partial charge in [-0.15, -0.1) is 0 Å². The Morgan fingerprint density at radius 1 is 0.833 bits per heavy atom. The van der Waals surface area contributed by atoms with Crippen molar-refractivity contribution in [3.63, 3.8) is 0 Å². The van der Waals surface area contributed by atoms with Gasteiger partial charge in [0.15, 0.2) is 0 Å². The van der Waals surface area contributed by atoms with Crippen molar-refractivity contribution in [2.45, 2.75) is 39.8 Å². The second-order valence-electron chi connectivity index (χ2n) is 8.98. The molecule has 3 rings (SSSR count). The molecule has 0 fully saturated rings. The molecule has 0 aliphatic carbocycles. The molecule has 2 atom stereocenters. The zero-order chi connectivity index (χ0) is 26.2. The molecule has 0 spiro atoms. The van der Waals surface area contributed by atoms with Crippen molar-refractivity contribution in [1.29, 1.82) is 0 Å². The fraction of sp³-hybridized carbons (Fsp3) is 0.276. The SMILES string of the molecule is COc1ccc(C)cc1NC(=O)C(OC(=O)[C@@H](NC(=O)c1ccc(C)cc1)C(C)C)c1ccccc1. The van der Waals surface area contributed by atoms with Crippen LogP contribution in [0.4, 0.5) is 5.69 Å². The molecule has 2 amide bonds. The molecule has 0 aliphatic heterocycles. The maximum Gasteiger partial charge on any atom is 0.330 e. The molecule has 7 heteroatoms. The van der Waals surface area contributed by atoms with Crippen LogP contribution in [-0.2, 0) is 14.3 Å². The number of carbonyl (C=O) groups excluding carboxylic acids is 3. The highest BCUT2D eigenvalue weighted by molar-refractivity contribution is 5.99. The van der Waals surface area contributed by atoms with E-state index in [2.05, 4.69) is 10.6 Å². The average molecular weight is 489 g/mol. The van der Waals surface area contributed by atoms with Gasteiger partial charge < -0.3 is 20.1 Å². The van der Waals surface area contributed by atoms with Gasteiger partial charge in [0.1, 0.15) is 11.8 Å². The van der Waals surface area contributed by atoms with Crippen LogP contribution in [0.3, 0.4) is 0 Å². The zero-order valence-corrected chi connectivity index (χ0v) is 21.2. The van der Waals surface area contributed by atoms with E-state index in [1.165, 1.54) is 7.11 Å². The number of rotatable bonds is 9. The number of methoxy groups -OCH3 is 1. The van der Waals surface area contributed by atoms with Crippen LogP contribution < -0.4 is 15.4 Å². The first-order valence-corrected chi connectivity index (χ1v) is 11.8. The predicted molar refractivity (Wildman–Crippen MR) is 139 cm³/mol.